The maximum Gasteiger partial charge on any atom is 0.257 e. The average Bonchev–Trinajstić information content (AvgIpc) is 3.68. The van der Waals surface area contributed by atoms with E-state index in [2.05, 4.69) is 21.3 Å². The summed E-state index contributed by atoms with van der Waals surface area (Å²) in [6.07, 6.45) is 2.30. The zero-order chi connectivity index (χ0) is 25.9. The van der Waals surface area contributed by atoms with Gasteiger partial charge >= 0.3 is 0 Å². The van der Waals surface area contributed by atoms with E-state index in [0.717, 1.165) is 18.4 Å². The molecule has 5 rings (SSSR count). The Labute approximate surface area is 214 Å². The van der Waals surface area contributed by atoms with Gasteiger partial charge in [0, 0.05) is 37.3 Å². The van der Waals surface area contributed by atoms with Crippen LogP contribution in [0.2, 0.25) is 0 Å². The fraction of sp³-hybridized carbons (Fsp3) is 0.370. The van der Waals surface area contributed by atoms with E-state index in [1.54, 1.807) is 30.3 Å². The molecule has 2 heterocycles. The summed E-state index contributed by atoms with van der Waals surface area (Å²) < 4.78 is 0. The molecule has 10 heteroatoms. The van der Waals surface area contributed by atoms with Crippen molar-refractivity contribution in [1.29, 1.82) is 0 Å². The Hall–Kier alpha value is -4.21. The lowest BCUT2D eigenvalue weighted by molar-refractivity contribution is -0.137. The van der Waals surface area contributed by atoms with E-state index in [0.29, 0.717) is 42.9 Å². The first kappa shape index (κ1) is 24.5. The Morgan fingerprint density at radius 3 is 2.49 bits per heavy atom. The quantitative estimate of drug-likeness (QED) is 0.300. The Kier molecular flexibility index (Phi) is 6.89. The van der Waals surface area contributed by atoms with E-state index in [1.165, 1.54) is 4.90 Å². The van der Waals surface area contributed by atoms with Crippen LogP contribution >= 0.6 is 0 Å². The maximum atomic E-state index is 13.2. The second-order valence-corrected chi connectivity index (χ2v) is 9.61. The van der Waals surface area contributed by atoms with E-state index in [9.17, 15) is 24.0 Å². The molecule has 2 aromatic carbocycles. The summed E-state index contributed by atoms with van der Waals surface area (Å²) in [5.74, 6) is -1.39. The van der Waals surface area contributed by atoms with Gasteiger partial charge in [-0.05, 0) is 48.9 Å². The van der Waals surface area contributed by atoms with Crippen LogP contribution in [0.15, 0.2) is 48.5 Å². The summed E-state index contributed by atoms with van der Waals surface area (Å²) in [6, 6.07) is 13.0. The largest absolute Gasteiger partial charge is 0.383 e. The second-order valence-electron chi connectivity index (χ2n) is 9.61. The number of carbonyl (C=O) groups excluding carboxylic acids is 5. The Morgan fingerprint density at radius 2 is 1.76 bits per heavy atom. The van der Waals surface area contributed by atoms with Gasteiger partial charge in [-0.1, -0.05) is 30.3 Å². The third kappa shape index (κ3) is 5.32. The van der Waals surface area contributed by atoms with Crippen LogP contribution < -0.4 is 21.3 Å². The number of nitrogens with zero attached hydrogens (tertiary/aromatic N) is 1. The molecule has 37 heavy (non-hydrogen) atoms. The van der Waals surface area contributed by atoms with Gasteiger partial charge in [-0.3, -0.25) is 29.3 Å². The van der Waals surface area contributed by atoms with Crippen LogP contribution in [-0.2, 0) is 20.9 Å². The number of hydrogen-bond acceptors (Lipinski definition) is 6. The lowest BCUT2D eigenvalue weighted by atomic mass is 10.0. The van der Waals surface area contributed by atoms with Gasteiger partial charge in [0.2, 0.25) is 17.7 Å². The Balaban J connectivity index is 1.16. The van der Waals surface area contributed by atoms with Crippen molar-refractivity contribution < 1.29 is 24.0 Å². The number of anilines is 1. The van der Waals surface area contributed by atoms with E-state index >= 15 is 0 Å². The second kappa shape index (κ2) is 10.4. The van der Waals surface area contributed by atoms with Crippen molar-refractivity contribution >= 4 is 35.2 Å². The highest BCUT2D eigenvalue weighted by atomic mass is 16.2. The first-order chi connectivity index (χ1) is 17.9. The number of fused-ring (bicyclic) bond motifs is 1. The number of benzene rings is 2. The maximum absolute atomic E-state index is 13.2. The van der Waals surface area contributed by atoms with Crippen molar-refractivity contribution in [3.63, 3.8) is 0 Å². The molecule has 0 radical (unpaired) electrons. The molecule has 0 bridgehead atoms. The zero-order valence-corrected chi connectivity index (χ0v) is 20.3. The first-order valence-corrected chi connectivity index (χ1v) is 12.6. The molecule has 2 fully saturated rings. The molecule has 0 spiro atoms. The average molecular weight is 504 g/mol. The fourth-order valence-electron chi connectivity index (χ4n) is 4.90. The monoisotopic (exact) mass is 503 g/mol. The molecule has 2 atom stereocenters. The van der Waals surface area contributed by atoms with Crippen molar-refractivity contribution in [3.05, 3.63) is 65.2 Å². The minimum Gasteiger partial charge on any atom is -0.383 e. The Bertz CT molecular complexity index is 1240. The van der Waals surface area contributed by atoms with E-state index in [1.807, 2.05) is 18.2 Å². The number of hydrogen-bond donors (Lipinski definition) is 4. The van der Waals surface area contributed by atoms with Gasteiger partial charge in [-0.2, -0.15) is 0 Å². The first-order valence-electron chi connectivity index (χ1n) is 12.6. The third-order valence-electron chi connectivity index (χ3n) is 6.99. The summed E-state index contributed by atoms with van der Waals surface area (Å²) >= 11 is 0. The van der Waals surface area contributed by atoms with Crippen LogP contribution in [0.3, 0.4) is 0 Å². The zero-order valence-electron chi connectivity index (χ0n) is 20.3. The smallest absolute Gasteiger partial charge is 0.257 e. The highest BCUT2D eigenvalue weighted by molar-refractivity contribution is 6.07. The Morgan fingerprint density at radius 1 is 0.973 bits per heavy atom. The molecule has 0 aromatic heterocycles. The summed E-state index contributed by atoms with van der Waals surface area (Å²) in [5.41, 5.74) is 2.45. The highest BCUT2D eigenvalue weighted by Crippen LogP contribution is 2.33. The molecule has 2 aliphatic heterocycles. The number of amides is 5. The molecule has 2 unspecified atom stereocenters. The molecule has 1 saturated heterocycles. The minimum absolute atomic E-state index is 0.133. The van der Waals surface area contributed by atoms with Crippen molar-refractivity contribution in [1.82, 2.24) is 20.9 Å². The molecular formula is C27H29N5O5. The summed E-state index contributed by atoms with van der Waals surface area (Å²) in [5, 5.41) is 11.3. The van der Waals surface area contributed by atoms with Crippen LogP contribution in [0.5, 0.6) is 0 Å². The number of carbonyl (C=O) groups is 5. The molecule has 5 amide bonds. The molecule has 1 saturated carbocycles. The predicted octanol–water partition coefficient (Wildman–Crippen LogP) is 1.18. The standard InChI is InChI=1S/C27H29N5O5/c33-21-12-11-20(25(35)30-21)32-15-18-7-4-8-19(22(18)27(32)37)28-13-14-29-26(36)23(16-9-10-16)31-24(34)17-5-2-1-3-6-17/h1-8,16,20,23,28H,9-15H2,(H,29,36)(H,31,34)(H,30,33,35). The molecule has 3 aliphatic rings. The lowest BCUT2D eigenvalue weighted by Gasteiger charge is -2.29. The van der Waals surface area contributed by atoms with Gasteiger partial charge in [0.05, 0.1) is 5.56 Å². The van der Waals surface area contributed by atoms with Crippen LogP contribution in [0.4, 0.5) is 5.69 Å². The predicted molar refractivity (Wildman–Crippen MR) is 134 cm³/mol. The van der Waals surface area contributed by atoms with Crippen LogP contribution in [0.1, 0.15) is 52.0 Å². The number of imide groups is 1. The van der Waals surface area contributed by atoms with Gasteiger partial charge < -0.3 is 20.9 Å². The van der Waals surface area contributed by atoms with Gasteiger partial charge in [0.1, 0.15) is 12.1 Å². The van der Waals surface area contributed by atoms with E-state index < -0.39 is 18.0 Å². The molecule has 192 valence electrons. The van der Waals surface area contributed by atoms with Crippen LogP contribution in [0, 0.1) is 5.92 Å². The van der Waals surface area contributed by atoms with Crippen molar-refractivity contribution in [2.24, 2.45) is 5.92 Å². The van der Waals surface area contributed by atoms with Gasteiger partial charge in [0.15, 0.2) is 0 Å². The topological polar surface area (TPSA) is 137 Å². The van der Waals surface area contributed by atoms with Crippen molar-refractivity contribution in [3.8, 4) is 0 Å². The highest BCUT2D eigenvalue weighted by Gasteiger charge is 2.40. The summed E-state index contributed by atoms with van der Waals surface area (Å²) in [6.45, 7) is 0.979. The van der Waals surface area contributed by atoms with Gasteiger partial charge in [-0.15, -0.1) is 0 Å². The molecule has 1 aliphatic carbocycles. The SMILES string of the molecule is O=C1CCC(N2Cc3cccc(NCCNC(=O)C(NC(=O)c4ccccc4)C4CC4)c3C2=O)C(=O)N1. The van der Waals surface area contributed by atoms with Crippen LogP contribution in [-0.4, -0.2) is 59.6 Å². The number of rotatable bonds is 9. The minimum atomic E-state index is -0.671. The molecule has 4 N–H and O–H groups in total. The lowest BCUT2D eigenvalue weighted by Crippen LogP contribution is -2.52. The molecular weight excluding hydrogens is 474 g/mol. The number of piperidine rings is 1. The van der Waals surface area contributed by atoms with Crippen LogP contribution in [0.25, 0.3) is 0 Å². The summed E-state index contributed by atoms with van der Waals surface area (Å²) in [4.78, 5) is 63.9. The third-order valence-corrected chi connectivity index (χ3v) is 6.99. The number of nitrogens with one attached hydrogen (secondary N) is 4. The van der Waals surface area contributed by atoms with E-state index in [-0.39, 0.29) is 36.0 Å². The van der Waals surface area contributed by atoms with Crippen molar-refractivity contribution in [2.45, 2.75) is 44.3 Å². The molecule has 2 aromatic rings. The van der Waals surface area contributed by atoms with Crippen molar-refractivity contribution in [2.75, 3.05) is 18.4 Å². The van der Waals surface area contributed by atoms with E-state index in [4.69, 9.17) is 0 Å². The normalized spacial score (nSPS) is 19.6. The molecule has 10 nitrogen and oxygen atoms in total. The van der Waals surface area contributed by atoms with Gasteiger partial charge in [-0.25, -0.2) is 0 Å². The fourth-order valence-corrected chi connectivity index (χ4v) is 4.90. The summed E-state index contributed by atoms with van der Waals surface area (Å²) in [7, 11) is 0. The van der Waals surface area contributed by atoms with Gasteiger partial charge in [0.25, 0.3) is 11.8 Å².